The lowest BCUT2D eigenvalue weighted by molar-refractivity contribution is 0.0434. The first-order valence-corrected chi connectivity index (χ1v) is 6.22. The fourth-order valence-corrected chi connectivity index (χ4v) is 1.63. The minimum absolute atomic E-state index is 0.361. The van der Waals surface area contributed by atoms with Gasteiger partial charge < -0.3 is 15.2 Å². The van der Waals surface area contributed by atoms with Crippen LogP contribution in [-0.2, 0) is 4.74 Å². The number of hydrogen-bond donors (Lipinski definition) is 1. The summed E-state index contributed by atoms with van der Waals surface area (Å²) >= 11 is 0. The summed E-state index contributed by atoms with van der Waals surface area (Å²) in [7, 11) is 1.55. The first kappa shape index (κ1) is 14.4. The summed E-state index contributed by atoms with van der Waals surface area (Å²) in [6.07, 6.45) is 1.99. The van der Waals surface area contributed by atoms with E-state index in [9.17, 15) is 4.79 Å². The van der Waals surface area contributed by atoms with Crippen LogP contribution in [0, 0.1) is 5.92 Å². The average molecular weight is 251 g/mol. The quantitative estimate of drug-likeness (QED) is 0.623. The Morgan fingerprint density at radius 3 is 2.56 bits per heavy atom. The molecule has 0 saturated carbocycles. The van der Waals surface area contributed by atoms with Gasteiger partial charge in [-0.2, -0.15) is 0 Å². The molecular formula is C14H21NO3. The lowest BCUT2D eigenvalue weighted by Crippen LogP contribution is -2.14. The lowest BCUT2D eigenvalue weighted by atomic mass is 10.1. The molecule has 1 rings (SSSR count). The van der Waals surface area contributed by atoms with Gasteiger partial charge in [-0.25, -0.2) is 4.79 Å². The molecule has 0 spiro atoms. The SMILES string of the molecule is CCC(CC)COC(=O)c1cc(OC)ccc1N. The van der Waals surface area contributed by atoms with Crippen molar-refractivity contribution < 1.29 is 14.3 Å². The molecule has 4 nitrogen and oxygen atoms in total. The highest BCUT2D eigenvalue weighted by Gasteiger charge is 2.14. The van der Waals surface area contributed by atoms with Gasteiger partial charge in [0.25, 0.3) is 0 Å². The van der Waals surface area contributed by atoms with Gasteiger partial charge in [0.15, 0.2) is 0 Å². The van der Waals surface area contributed by atoms with E-state index in [2.05, 4.69) is 13.8 Å². The summed E-state index contributed by atoms with van der Waals surface area (Å²) in [5, 5.41) is 0. The van der Waals surface area contributed by atoms with Gasteiger partial charge >= 0.3 is 5.97 Å². The maximum atomic E-state index is 11.9. The third kappa shape index (κ3) is 3.65. The van der Waals surface area contributed by atoms with E-state index >= 15 is 0 Å². The van der Waals surface area contributed by atoms with Crippen LogP contribution in [0.25, 0.3) is 0 Å². The van der Waals surface area contributed by atoms with Crippen LogP contribution in [0.5, 0.6) is 5.75 Å². The molecule has 1 aromatic carbocycles. The Kier molecular flexibility index (Phi) is 5.49. The zero-order valence-electron chi connectivity index (χ0n) is 11.2. The Morgan fingerprint density at radius 2 is 2.00 bits per heavy atom. The topological polar surface area (TPSA) is 61.5 Å². The monoisotopic (exact) mass is 251 g/mol. The number of anilines is 1. The standard InChI is InChI=1S/C14H21NO3/c1-4-10(5-2)9-18-14(16)12-8-11(17-3)6-7-13(12)15/h6-8,10H,4-5,9,15H2,1-3H3. The number of benzene rings is 1. The number of ether oxygens (including phenoxy) is 2. The minimum atomic E-state index is -0.390. The zero-order valence-corrected chi connectivity index (χ0v) is 11.2. The number of hydrogen-bond acceptors (Lipinski definition) is 4. The van der Waals surface area contributed by atoms with E-state index in [1.165, 1.54) is 0 Å². The number of carbonyl (C=O) groups is 1. The van der Waals surface area contributed by atoms with E-state index in [0.717, 1.165) is 12.8 Å². The molecule has 4 heteroatoms. The summed E-state index contributed by atoms with van der Waals surface area (Å²) in [4.78, 5) is 11.9. The number of nitrogens with two attached hydrogens (primary N) is 1. The molecule has 0 radical (unpaired) electrons. The normalized spacial score (nSPS) is 10.4. The fraction of sp³-hybridized carbons (Fsp3) is 0.500. The molecule has 0 heterocycles. The Bertz CT molecular complexity index is 400. The molecule has 100 valence electrons. The second-order valence-electron chi connectivity index (χ2n) is 4.23. The van der Waals surface area contributed by atoms with E-state index in [-0.39, 0.29) is 0 Å². The van der Waals surface area contributed by atoms with Crippen LogP contribution in [0.2, 0.25) is 0 Å². The molecule has 0 bridgehead atoms. The van der Waals surface area contributed by atoms with Crippen LogP contribution in [0.4, 0.5) is 5.69 Å². The Balaban J connectivity index is 2.71. The Morgan fingerprint density at radius 1 is 1.33 bits per heavy atom. The van der Waals surface area contributed by atoms with Crippen LogP contribution < -0.4 is 10.5 Å². The van der Waals surface area contributed by atoms with Crippen molar-refractivity contribution in [1.29, 1.82) is 0 Å². The third-order valence-corrected chi connectivity index (χ3v) is 3.09. The van der Waals surface area contributed by atoms with Crippen molar-refractivity contribution in [2.24, 2.45) is 5.92 Å². The lowest BCUT2D eigenvalue weighted by Gasteiger charge is -2.13. The maximum absolute atomic E-state index is 11.9. The van der Waals surface area contributed by atoms with E-state index in [4.69, 9.17) is 15.2 Å². The van der Waals surface area contributed by atoms with Crippen molar-refractivity contribution in [3.05, 3.63) is 23.8 Å². The zero-order chi connectivity index (χ0) is 13.5. The van der Waals surface area contributed by atoms with Crippen molar-refractivity contribution in [2.75, 3.05) is 19.5 Å². The van der Waals surface area contributed by atoms with Gasteiger partial charge in [0, 0.05) is 5.69 Å². The largest absolute Gasteiger partial charge is 0.497 e. The summed E-state index contributed by atoms with van der Waals surface area (Å²) in [6.45, 7) is 4.60. The molecule has 0 aliphatic heterocycles. The molecule has 0 aliphatic rings. The second-order valence-corrected chi connectivity index (χ2v) is 4.23. The molecule has 0 atom stereocenters. The van der Waals surface area contributed by atoms with Gasteiger partial charge in [-0.15, -0.1) is 0 Å². The van der Waals surface area contributed by atoms with Crippen molar-refractivity contribution >= 4 is 11.7 Å². The first-order valence-electron chi connectivity index (χ1n) is 6.22. The molecule has 0 aromatic heterocycles. The molecular weight excluding hydrogens is 230 g/mol. The van der Waals surface area contributed by atoms with Gasteiger partial charge in [0.1, 0.15) is 5.75 Å². The van der Waals surface area contributed by atoms with Gasteiger partial charge in [0.2, 0.25) is 0 Å². The number of carbonyl (C=O) groups excluding carboxylic acids is 1. The highest BCUT2D eigenvalue weighted by molar-refractivity contribution is 5.95. The highest BCUT2D eigenvalue weighted by Crippen LogP contribution is 2.20. The van der Waals surface area contributed by atoms with Crippen molar-refractivity contribution in [2.45, 2.75) is 26.7 Å². The molecule has 18 heavy (non-hydrogen) atoms. The summed E-state index contributed by atoms with van der Waals surface area (Å²) in [6, 6.07) is 4.96. The van der Waals surface area contributed by atoms with Gasteiger partial charge in [-0.05, 0) is 24.1 Å². The van der Waals surface area contributed by atoms with Gasteiger partial charge in [-0.3, -0.25) is 0 Å². The molecule has 0 fully saturated rings. The molecule has 1 aromatic rings. The summed E-state index contributed by atoms with van der Waals surface area (Å²) < 4.78 is 10.3. The number of nitrogen functional groups attached to an aromatic ring is 1. The molecule has 0 saturated heterocycles. The van der Waals surface area contributed by atoms with E-state index in [0.29, 0.717) is 29.5 Å². The second kappa shape index (κ2) is 6.89. The number of methoxy groups -OCH3 is 1. The van der Waals surface area contributed by atoms with E-state index in [1.54, 1.807) is 25.3 Å². The maximum Gasteiger partial charge on any atom is 0.340 e. The van der Waals surface area contributed by atoms with Crippen LogP contribution in [-0.4, -0.2) is 19.7 Å². The predicted molar refractivity (Wildman–Crippen MR) is 71.8 cm³/mol. The molecule has 0 unspecified atom stereocenters. The predicted octanol–water partition coefficient (Wildman–Crippen LogP) is 2.87. The number of esters is 1. The van der Waals surface area contributed by atoms with Crippen molar-refractivity contribution in [3.63, 3.8) is 0 Å². The van der Waals surface area contributed by atoms with Crippen LogP contribution in [0.15, 0.2) is 18.2 Å². The van der Waals surface area contributed by atoms with Gasteiger partial charge in [-0.1, -0.05) is 26.7 Å². The highest BCUT2D eigenvalue weighted by atomic mass is 16.5. The minimum Gasteiger partial charge on any atom is -0.497 e. The fourth-order valence-electron chi connectivity index (χ4n) is 1.63. The van der Waals surface area contributed by atoms with E-state index in [1.807, 2.05) is 0 Å². The van der Waals surface area contributed by atoms with Crippen LogP contribution in [0.1, 0.15) is 37.0 Å². The van der Waals surface area contributed by atoms with Crippen molar-refractivity contribution in [1.82, 2.24) is 0 Å². The van der Waals surface area contributed by atoms with E-state index < -0.39 is 5.97 Å². The summed E-state index contributed by atoms with van der Waals surface area (Å²) in [5.41, 5.74) is 6.53. The molecule has 0 amide bonds. The smallest absolute Gasteiger partial charge is 0.340 e. The number of rotatable bonds is 6. The van der Waals surface area contributed by atoms with Crippen LogP contribution in [0.3, 0.4) is 0 Å². The Hall–Kier alpha value is -1.71. The van der Waals surface area contributed by atoms with Crippen molar-refractivity contribution in [3.8, 4) is 5.75 Å². The molecule has 2 N–H and O–H groups in total. The first-order chi connectivity index (χ1) is 8.62. The Labute approximate surface area is 108 Å². The summed E-state index contributed by atoms with van der Waals surface area (Å²) in [5.74, 6) is 0.609. The average Bonchev–Trinajstić information content (AvgIpc) is 2.40. The third-order valence-electron chi connectivity index (χ3n) is 3.09. The van der Waals surface area contributed by atoms with Crippen LogP contribution >= 0.6 is 0 Å². The van der Waals surface area contributed by atoms with Gasteiger partial charge in [0.05, 0.1) is 19.3 Å². The molecule has 0 aliphatic carbocycles.